The molecule has 2 aromatic rings. The number of thioether (sulfide) groups is 1. The molecule has 0 fully saturated rings. The van der Waals surface area contributed by atoms with Crippen molar-refractivity contribution in [3.05, 3.63) is 47.7 Å². The smallest absolute Gasteiger partial charge is 0.307 e. The van der Waals surface area contributed by atoms with Crippen molar-refractivity contribution < 1.29 is 18.0 Å². The van der Waals surface area contributed by atoms with E-state index in [1.54, 1.807) is 13.0 Å². The zero-order chi connectivity index (χ0) is 21.8. The molecule has 1 heterocycles. The van der Waals surface area contributed by atoms with Crippen LogP contribution in [0, 0.1) is 13.8 Å². The first-order valence-corrected chi connectivity index (χ1v) is 11.1. The van der Waals surface area contributed by atoms with E-state index < -0.39 is 27.2 Å². The van der Waals surface area contributed by atoms with Gasteiger partial charge in [0.1, 0.15) is 4.90 Å². The van der Waals surface area contributed by atoms with Crippen LogP contribution in [0.5, 0.6) is 0 Å². The molecule has 156 valence electrons. The molecule has 0 spiro atoms. The van der Waals surface area contributed by atoms with E-state index >= 15 is 0 Å². The van der Waals surface area contributed by atoms with Crippen LogP contribution < -0.4 is 10.6 Å². The Bertz CT molecular complexity index is 1010. The molecular formula is C19H24N4O4S2. The number of hydrogen-bond donors (Lipinski definition) is 2. The van der Waals surface area contributed by atoms with E-state index in [4.69, 9.17) is 0 Å². The molecule has 0 unspecified atom stereocenters. The van der Waals surface area contributed by atoms with E-state index in [-0.39, 0.29) is 4.90 Å². The lowest BCUT2D eigenvalue weighted by Crippen LogP contribution is -2.39. The van der Waals surface area contributed by atoms with E-state index in [1.807, 2.05) is 26.0 Å². The quantitative estimate of drug-likeness (QED) is 0.674. The first kappa shape index (κ1) is 22.9. The van der Waals surface area contributed by atoms with E-state index in [0.717, 1.165) is 27.2 Å². The van der Waals surface area contributed by atoms with Gasteiger partial charge in [-0.2, -0.15) is 0 Å². The Balaban J connectivity index is 1.95. The van der Waals surface area contributed by atoms with Crippen LogP contribution in [0.3, 0.4) is 0 Å². The van der Waals surface area contributed by atoms with Gasteiger partial charge in [-0.25, -0.2) is 22.5 Å². The van der Waals surface area contributed by atoms with Crippen molar-refractivity contribution in [2.75, 3.05) is 19.4 Å². The summed E-state index contributed by atoms with van der Waals surface area (Å²) in [6.07, 6.45) is 1.25. The number of anilines is 1. The highest BCUT2D eigenvalue weighted by atomic mass is 32.2. The molecule has 0 aliphatic carbocycles. The number of nitrogens with one attached hydrogen (secondary N) is 2. The summed E-state index contributed by atoms with van der Waals surface area (Å²) in [7, 11) is -0.685. The maximum absolute atomic E-state index is 12.3. The van der Waals surface area contributed by atoms with Gasteiger partial charge in [0.15, 0.2) is 0 Å². The fourth-order valence-corrected chi connectivity index (χ4v) is 3.99. The SMILES string of the molecule is Cc1ccc(NC(=O)NC(=O)[C@H](C)Sc2ccc(S(=O)(=O)N(C)C)cn2)c(C)c1. The Morgan fingerprint density at radius 1 is 1.14 bits per heavy atom. The van der Waals surface area contributed by atoms with Gasteiger partial charge in [-0.3, -0.25) is 10.1 Å². The molecule has 0 saturated carbocycles. The van der Waals surface area contributed by atoms with Gasteiger partial charge < -0.3 is 5.32 Å². The van der Waals surface area contributed by atoms with Gasteiger partial charge in [-0.05, 0) is 44.5 Å². The van der Waals surface area contributed by atoms with Gasteiger partial charge in [-0.1, -0.05) is 29.5 Å². The van der Waals surface area contributed by atoms with Gasteiger partial charge >= 0.3 is 6.03 Å². The van der Waals surface area contributed by atoms with Gasteiger partial charge in [-0.15, -0.1) is 0 Å². The summed E-state index contributed by atoms with van der Waals surface area (Å²) < 4.78 is 25.2. The van der Waals surface area contributed by atoms with Gasteiger partial charge in [0.2, 0.25) is 15.9 Å². The number of nitrogens with zero attached hydrogens (tertiary/aromatic N) is 2. The van der Waals surface area contributed by atoms with Crippen LogP contribution in [0.1, 0.15) is 18.1 Å². The number of imide groups is 1. The number of sulfonamides is 1. The first-order valence-electron chi connectivity index (χ1n) is 8.75. The molecule has 0 radical (unpaired) electrons. The Morgan fingerprint density at radius 2 is 1.83 bits per heavy atom. The number of carbonyl (C=O) groups is 2. The highest BCUT2D eigenvalue weighted by molar-refractivity contribution is 8.00. The van der Waals surface area contributed by atoms with Crippen LogP contribution in [0.4, 0.5) is 10.5 Å². The van der Waals surface area contributed by atoms with Crippen LogP contribution in [-0.2, 0) is 14.8 Å². The molecule has 10 heteroatoms. The third-order valence-corrected chi connectivity index (χ3v) is 6.87. The monoisotopic (exact) mass is 436 g/mol. The van der Waals surface area contributed by atoms with Crippen molar-refractivity contribution in [2.24, 2.45) is 0 Å². The van der Waals surface area contributed by atoms with Crippen molar-refractivity contribution in [3.63, 3.8) is 0 Å². The van der Waals surface area contributed by atoms with Crippen molar-refractivity contribution in [3.8, 4) is 0 Å². The molecule has 2 rings (SSSR count). The number of aryl methyl sites for hydroxylation is 2. The number of pyridine rings is 1. The van der Waals surface area contributed by atoms with Crippen LogP contribution in [0.15, 0.2) is 46.5 Å². The molecule has 29 heavy (non-hydrogen) atoms. The number of amides is 3. The molecule has 1 aromatic heterocycles. The second kappa shape index (κ2) is 9.38. The van der Waals surface area contributed by atoms with E-state index in [2.05, 4.69) is 15.6 Å². The van der Waals surface area contributed by atoms with E-state index in [1.165, 1.54) is 32.4 Å². The summed E-state index contributed by atoms with van der Waals surface area (Å²) in [4.78, 5) is 28.5. The minimum atomic E-state index is -3.56. The molecule has 0 bridgehead atoms. The highest BCUT2D eigenvalue weighted by Crippen LogP contribution is 2.23. The summed E-state index contributed by atoms with van der Waals surface area (Å²) in [5.74, 6) is -0.482. The molecule has 1 atom stereocenters. The van der Waals surface area contributed by atoms with Gasteiger partial charge in [0.05, 0.1) is 10.3 Å². The number of benzene rings is 1. The number of rotatable bonds is 6. The summed E-state index contributed by atoms with van der Waals surface area (Å²) in [5, 5.41) is 4.82. The standard InChI is InChI=1S/C19H24N4O4S2/c1-12-6-8-16(13(2)10-12)21-19(25)22-18(24)14(3)28-17-9-7-15(11-20-17)29(26,27)23(4)5/h6-11,14H,1-5H3,(H2,21,22,24,25)/t14-/m0/s1. The van der Waals surface area contributed by atoms with Crippen molar-refractivity contribution in [1.29, 1.82) is 0 Å². The Morgan fingerprint density at radius 3 is 2.38 bits per heavy atom. The zero-order valence-electron chi connectivity index (χ0n) is 16.9. The Labute approximate surface area is 175 Å². The lowest BCUT2D eigenvalue weighted by atomic mass is 10.1. The predicted molar refractivity (Wildman–Crippen MR) is 114 cm³/mol. The van der Waals surface area contributed by atoms with Gasteiger partial charge in [0, 0.05) is 26.0 Å². The largest absolute Gasteiger partial charge is 0.325 e. The van der Waals surface area contributed by atoms with Crippen molar-refractivity contribution >= 4 is 39.4 Å². The van der Waals surface area contributed by atoms with Crippen LogP contribution in [-0.4, -0.2) is 49.0 Å². The average Bonchev–Trinajstić information content (AvgIpc) is 2.64. The number of carbonyl (C=O) groups excluding carboxylic acids is 2. The second-order valence-electron chi connectivity index (χ2n) is 6.64. The van der Waals surface area contributed by atoms with Crippen molar-refractivity contribution in [2.45, 2.75) is 35.9 Å². The fraction of sp³-hybridized carbons (Fsp3) is 0.316. The zero-order valence-corrected chi connectivity index (χ0v) is 18.5. The molecule has 2 N–H and O–H groups in total. The number of aromatic nitrogens is 1. The minimum absolute atomic E-state index is 0.0665. The molecular weight excluding hydrogens is 412 g/mol. The lowest BCUT2D eigenvalue weighted by molar-refractivity contribution is -0.119. The maximum atomic E-state index is 12.3. The van der Waals surface area contributed by atoms with Crippen LogP contribution in [0.2, 0.25) is 0 Å². The van der Waals surface area contributed by atoms with Gasteiger partial charge in [0.25, 0.3) is 0 Å². The topological polar surface area (TPSA) is 108 Å². The molecule has 3 amide bonds. The summed E-state index contributed by atoms with van der Waals surface area (Å²) in [5.41, 5.74) is 2.60. The predicted octanol–water partition coefficient (Wildman–Crippen LogP) is 2.78. The highest BCUT2D eigenvalue weighted by Gasteiger charge is 2.20. The molecule has 1 aromatic carbocycles. The number of urea groups is 1. The number of hydrogen-bond acceptors (Lipinski definition) is 6. The van der Waals surface area contributed by atoms with Crippen molar-refractivity contribution in [1.82, 2.24) is 14.6 Å². The molecule has 0 saturated heterocycles. The fourth-order valence-electron chi connectivity index (χ4n) is 2.36. The van der Waals surface area contributed by atoms with Crippen LogP contribution in [0.25, 0.3) is 0 Å². The Kier molecular flexibility index (Phi) is 7.39. The van der Waals surface area contributed by atoms with E-state index in [0.29, 0.717) is 10.7 Å². The molecule has 8 nitrogen and oxygen atoms in total. The average molecular weight is 437 g/mol. The lowest BCUT2D eigenvalue weighted by Gasteiger charge is -2.14. The molecule has 0 aliphatic rings. The third kappa shape index (κ3) is 6.02. The molecule has 0 aliphatic heterocycles. The second-order valence-corrected chi connectivity index (χ2v) is 10.2. The summed E-state index contributed by atoms with van der Waals surface area (Å²) >= 11 is 1.12. The first-order chi connectivity index (χ1) is 13.5. The Hall–Kier alpha value is -2.43. The normalized spacial score (nSPS) is 12.5. The minimum Gasteiger partial charge on any atom is -0.307 e. The summed E-state index contributed by atoms with van der Waals surface area (Å²) in [6, 6.07) is 7.93. The third-order valence-electron chi connectivity index (χ3n) is 4.02. The van der Waals surface area contributed by atoms with Crippen LogP contribution >= 0.6 is 11.8 Å². The maximum Gasteiger partial charge on any atom is 0.325 e. The van der Waals surface area contributed by atoms with E-state index in [9.17, 15) is 18.0 Å². The summed E-state index contributed by atoms with van der Waals surface area (Å²) in [6.45, 7) is 5.46.